The molecule has 1 aromatic rings. The molecule has 1 heterocycles. The summed E-state index contributed by atoms with van der Waals surface area (Å²) >= 11 is 1.84. The third-order valence-electron chi connectivity index (χ3n) is 3.53. The lowest BCUT2D eigenvalue weighted by molar-refractivity contribution is 0.282. The molecule has 0 bridgehead atoms. The van der Waals surface area contributed by atoms with Crippen LogP contribution in [0.5, 0.6) is 0 Å². The Labute approximate surface area is 125 Å². The number of nitrogens with one attached hydrogen (secondary N) is 1. The Balaban J connectivity index is 1.92. The molecule has 0 saturated carbocycles. The van der Waals surface area contributed by atoms with Crippen molar-refractivity contribution in [3.63, 3.8) is 0 Å². The van der Waals surface area contributed by atoms with Crippen molar-refractivity contribution >= 4 is 21.8 Å². The minimum absolute atomic E-state index is 0.0144. The van der Waals surface area contributed by atoms with Gasteiger partial charge in [-0.05, 0) is 36.6 Å². The van der Waals surface area contributed by atoms with Gasteiger partial charge >= 0.3 is 0 Å². The highest BCUT2D eigenvalue weighted by atomic mass is 32.2. The Bertz CT molecular complexity index is 534. The number of benzene rings is 1. The number of hydrogen-bond acceptors (Lipinski definition) is 4. The number of sulfonamides is 1. The zero-order chi connectivity index (χ0) is 14.6. The molecule has 0 aliphatic carbocycles. The fourth-order valence-electron chi connectivity index (χ4n) is 2.25. The van der Waals surface area contributed by atoms with E-state index in [1.54, 1.807) is 24.3 Å². The number of aliphatic hydroxyl groups excluding tert-OH is 1. The highest BCUT2D eigenvalue weighted by Crippen LogP contribution is 2.37. The lowest BCUT2D eigenvalue weighted by atomic mass is 10.1. The summed E-state index contributed by atoms with van der Waals surface area (Å²) in [5, 5.41) is 8.96. The molecular formula is C14H21NO3S2. The maximum atomic E-state index is 12.1. The van der Waals surface area contributed by atoms with Crippen LogP contribution in [0.1, 0.15) is 30.9 Å². The van der Waals surface area contributed by atoms with Gasteiger partial charge in [0.05, 0.1) is 12.4 Å². The second-order valence-corrected chi connectivity index (χ2v) is 8.95. The van der Waals surface area contributed by atoms with Gasteiger partial charge < -0.3 is 5.11 Å². The predicted molar refractivity (Wildman–Crippen MR) is 83.1 cm³/mol. The van der Waals surface area contributed by atoms with Crippen molar-refractivity contribution in [3.8, 4) is 0 Å². The SMILES string of the molecule is CC1(CNS(=O)(=O)Cc2ccc(CO)cc2)CCCS1. The summed E-state index contributed by atoms with van der Waals surface area (Å²) in [7, 11) is -3.31. The van der Waals surface area contributed by atoms with Crippen molar-refractivity contribution in [3.05, 3.63) is 35.4 Å². The lowest BCUT2D eigenvalue weighted by Crippen LogP contribution is -2.37. The Morgan fingerprint density at radius 1 is 1.30 bits per heavy atom. The Morgan fingerprint density at radius 2 is 1.95 bits per heavy atom. The molecule has 1 aliphatic heterocycles. The maximum Gasteiger partial charge on any atom is 0.215 e. The summed E-state index contributed by atoms with van der Waals surface area (Å²) in [6.07, 6.45) is 2.22. The third-order valence-corrected chi connectivity index (χ3v) is 6.36. The Hall–Kier alpha value is -0.560. The van der Waals surface area contributed by atoms with Gasteiger partial charge in [0, 0.05) is 11.3 Å². The first-order valence-corrected chi connectivity index (χ1v) is 9.36. The summed E-state index contributed by atoms with van der Waals surface area (Å²) < 4.78 is 26.9. The van der Waals surface area contributed by atoms with E-state index in [1.165, 1.54) is 0 Å². The zero-order valence-electron chi connectivity index (χ0n) is 11.6. The molecule has 2 rings (SSSR count). The second-order valence-electron chi connectivity index (χ2n) is 5.46. The average molecular weight is 315 g/mol. The van der Waals surface area contributed by atoms with Gasteiger partial charge in [0.25, 0.3) is 0 Å². The van der Waals surface area contributed by atoms with E-state index in [1.807, 2.05) is 11.8 Å². The molecule has 112 valence electrons. The van der Waals surface area contributed by atoms with Crippen LogP contribution in [-0.2, 0) is 22.4 Å². The zero-order valence-corrected chi connectivity index (χ0v) is 13.3. The van der Waals surface area contributed by atoms with E-state index in [4.69, 9.17) is 5.11 Å². The first-order valence-electron chi connectivity index (χ1n) is 6.72. The van der Waals surface area contributed by atoms with Crippen LogP contribution in [0, 0.1) is 0 Å². The molecule has 1 atom stereocenters. The van der Waals surface area contributed by atoms with Crippen molar-refractivity contribution in [2.75, 3.05) is 12.3 Å². The van der Waals surface area contributed by atoms with E-state index in [-0.39, 0.29) is 17.1 Å². The number of hydrogen-bond donors (Lipinski definition) is 2. The van der Waals surface area contributed by atoms with Crippen LogP contribution in [0.25, 0.3) is 0 Å². The molecule has 2 N–H and O–H groups in total. The molecule has 1 fully saturated rings. The van der Waals surface area contributed by atoms with Crippen molar-refractivity contribution in [1.82, 2.24) is 4.72 Å². The van der Waals surface area contributed by atoms with Crippen LogP contribution < -0.4 is 4.72 Å². The summed E-state index contributed by atoms with van der Waals surface area (Å²) in [6, 6.07) is 6.99. The first kappa shape index (κ1) is 15.8. The van der Waals surface area contributed by atoms with E-state index < -0.39 is 10.0 Å². The first-order chi connectivity index (χ1) is 9.42. The van der Waals surface area contributed by atoms with Crippen molar-refractivity contribution in [2.24, 2.45) is 0 Å². The van der Waals surface area contributed by atoms with Gasteiger partial charge in [-0.15, -0.1) is 0 Å². The van der Waals surface area contributed by atoms with Crippen LogP contribution in [0.15, 0.2) is 24.3 Å². The molecule has 0 aromatic heterocycles. The number of thioether (sulfide) groups is 1. The minimum Gasteiger partial charge on any atom is -0.392 e. The average Bonchev–Trinajstić information content (AvgIpc) is 2.85. The predicted octanol–water partition coefficient (Wildman–Crippen LogP) is 1.88. The number of rotatable bonds is 6. The largest absolute Gasteiger partial charge is 0.392 e. The van der Waals surface area contributed by atoms with E-state index in [9.17, 15) is 8.42 Å². The van der Waals surface area contributed by atoms with E-state index in [0.29, 0.717) is 6.54 Å². The van der Waals surface area contributed by atoms with E-state index in [0.717, 1.165) is 29.7 Å². The fraction of sp³-hybridized carbons (Fsp3) is 0.571. The molecule has 1 aliphatic rings. The molecule has 0 radical (unpaired) electrons. The van der Waals surface area contributed by atoms with Crippen molar-refractivity contribution in [1.29, 1.82) is 0 Å². The normalized spacial score (nSPS) is 23.1. The molecule has 1 saturated heterocycles. The van der Waals surface area contributed by atoms with Crippen LogP contribution in [0.4, 0.5) is 0 Å². The molecule has 20 heavy (non-hydrogen) atoms. The topological polar surface area (TPSA) is 66.4 Å². The molecular weight excluding hydrogens is 294 g/mol. The fourth-order valence-corrected chi connectivity index (χ4v) is 4.86. The Kier molecular flexibility index (Phi) is 5.12. The summed E-state index contributed by atoms with van der Waals surface area (Å²) in [6.45, 7) is 2.58. The molecule has 0 spiro atoms. The molecule has 0 amide bonds. The van der Waals surface area contributed by atoms with Gasteiger partial charge in [-0.2, -0.15) is 11.8 Å². The summed E-state index contributed by atoms with van der Waals surface area (Å²) in [5.74, 6) is 1.10. The standard InChI is InChI=1S/C14H21NO3S2/c1-14(7-2-8-19-14)11-15-20(17,18)10-13-5-3-12(9-16)4-6-13/h3-6,15-16H,2,7-11H2,1H3. The van der Waals surface area contributed by atoms with Crippen LogP contribution in [-0.4, -0.2) is 30.6 Å². The summed E-state index contributed by atoms with van der Waals surface area (Å²) in [5.41, 5.74) is 1.52. The van der Waals surface area contributed by atoms with Gasteiger partial charge in [0.2, 0.25) is 10.0 Å². The second kappa shape index (κ2) is 6.47. The molecule has 1 unspecified atom stereocenters. The molecule has 1 aromatic carbocycles. The number of aliphatic hydroxyl groups is 1. The monoisotopic (exact) mass is 315 g/mol. The molecule has 4 nitrogen and oxygen atoms in total. The van der Waals surface area contributed by atoms with E-state index in [2.05, 4.69) is 11.6 Å². The van der Waals surface area contributed by atoms with Gasteiger partial charge in [-0.3, -0.25) is 0 Å². The van der Waals surface area contributed by atoms with Crippen LogP contribution >= 0.6 is 11.8 Å². The van der Waals surface area contributed by atoms with Gasteiger partial charge in [-0.25, -0.2) is 13.1 Å². The molecule has 6 heteroatoms. The van der Waals surface area contributed by atoms with Crippen molar-refractivity contribution in [2.45, 2.75) is 36.9 Å². The Morgan fingerprint density at radius 3 is 2.50 bits per heavy atom. The lowest BCUT2D eigenvalue weighted by Gasteiger charge is -2.22. The van der Waals surface area contributed by atoms with Gasteiger partial charge in [0.15, 0.2) is 0 Å². The van der Waals surface area contributed by atoms with E-state index >= 15 is 0 Å². The third kappa shape index (κ3) is 4.48. The van der Waals surface area contributed by atoms with Crippen molar-refractivity contribution < 1.29 is 13.5 Å². The minimum atomic E-state index is -3.31. The highest BCUT2D eigenvalue weighted by molar-refractivity contribution is 8.01. The smallest absolute Gasteiger partial charge is 0.215 e. The van der Waals surface area contributed by atoms with Gasteiger partial charge in [0.1, 0.15) is 0 Å². The quantitative estimate of drug-likeness (QED) is 0.841. The van der Waals surface area contributed by atoms with Gasteiger partial charge in [-0.1, -0.05) is 24.3 Å². The highest BCUT2D eigenvalue weighted by Gasteiger charge is 2.30. The maximum absolute atomic E-state index is 12.1. The van der Waals surface area contributed by atoms with Crippen LogP contribution in [0.2, 0.25) is 0 Å². The van der Waals surface area contributed by atoms with Crippen LogP contribution in [0.3, 0.4) is 0 Å². The summed E-state index contributed by atoms with van der Waals surface area (Å²) in [4.78, 5) is 0.